The van der Waals surface area contributed by atoms with E-state index < -0.39 is 5.60 Å². The first-order valence-electron chi connectivity index (χ1n) is 8.56. The molecule has 3 rings (SSSR count). The second kappa shape index (κ2) is 6.37. The van der Waals surface area contributed by atoms with Crippen LogP contribution >= 0.6 is 0 Å². The lowest BCUT2D eigenvalue weighted by Crippen LogP contribution is -2.59. The maximum atomic E-state index is 12.0. The van der Waals surface area contributed by atoms with Gasteiger partial charge in [-0.2, -0.15) is 5.10 Å². The summed E-state index contributed by atoms with van der Waals surface area (Å²) in [6.07, 6.45) is 0.966. The summed E-state index contributed by atoms with van der Waals surface area (Å²) >= 11 is 0. The minimum Gasteiger partial charge on any atom is -0.444 e. The summed E-state index contributed by atoms with van der Waals surface area (Å²) in [5, 5.41) is 10.5. The number of nitrogens with zero attached hydrogens (tertiary/aromatic N) is 2. The lowest BCUT2D eigenvalue weighted by molar-refractivity contribution is -0.0369. The predicted octanol–water partition coefficient (Wildman–Crippen LogP) is 1.83. The Bertz CT molecular complexity index is 587. The van der Waals surface area contributed by atoms with Crippen molar-refractivity contribution in [3.8, 4) is 0 Å². The highest BCUT2D eigenvalue weighted by Crippen LogP contribution is 2.41. The summed E-state index contributed by atoms with van der Waals surface area (Å²) in [5.41, 5.74) is 1.76. The van der Waals surface area contributed by atoms with Crippen LogP contribution in [0.5, 0.6) is 0 Å². The Hall–Kier alpha value is -1.60. The Morgan fingerprint density at radius 3 is 2.92 bits per heavy atom. The van der Waals surface area contributed by atoms with Crippen LogP contribution in [-0.4, -0.2) is 59.1 Å². The van der Waals surface area contributed by atoms with Crippen LogP contribution in [0.4, 0.5) is 4.79 Å². The van der Waals surface area contributed by atoms with Gasteiger partial charge < -0.3 is 19.7 Å². The average molecular weight is 336 g/mol. The van der Waals surface area contributed by atoms with Crippen molar-refractivity contribution in [2.24, 2.45) is 5.41 Å². The van der Waals surface area contributed by atoms with Crippen LogP contribution in [0.15, 0.2) is 6.07 Å². The van der Waals surface area contributed by atoms with Crippen molar-refractivity contribution in [2.75, 3.05) is 26.2 Å². The summed E-state index contributed by atoms with van der Waals surface area (Å²) in [4.78, 5) is 13.8. The molecule has 0 aromatic carbocycles. The third-order valence-electron chi connectivity index (χ3n) is 4.43. The van der Waals surface area contributed by atoms with Crippen LogP contribution in [0.2, 0.25) is 0 Å². The van der Waals surface area contributed by atoms with Crippen molar-refractivity contribution in [1.82, 2.24) is 20.4 Å². The first kappa shape index (κ1) is 17.2. The molecule has 134 valence electrons. The molecule has 1 aromatic rings. The molecule has 1 aromatic heterocycles. The van der Waals surface area contributed by atoms with Gasteiger partial charge in [0.15, 0.2) is 0 Å². The van der Waals surface area contributed by atoms with Gasteiger partial charge in [0.05, 0.1) is 18.4 Å². The van der Waals surface area contributed by atoms with E-state index in [-0.39, 0.29) is 17.6 Å². The van der Waals surface area contributed by atoms with Crippen molar-refractivity contribution in [2.45, 2.75) is 52.4 Å². The zero-order valence-corrected chi connectivity index (χ0v) is 15.0. The molecule has 1 unspecified atom stereocenters. The molecule has 1 amide bonds. The molecule has 2 fully saturated rings. The Morgan fingerprint density at radius 1 is 1.54 bits per heavy atom. The van der Waals surface area contributed by atoms with Gasteiger partial charge in [-0.3, -0.25) is 5.10 Å². The number of aromatic nitrogens is 2. The van der Waals surface area contributed by atoms with Gasteiger partial charge in [-0.1, -0.05) is 0 Å². The minimum atomic E-state index is -0.441. The van der Waals surface area contributed by atoms with Crippen molar-refractivity contribution < 1.29 is 14.3 Å². The number of amides is 1. The Labute approximate surface area is 143 Å². The molecule has 1 spiro atoms. The third-order valence-corrected chi connectivity index (χ3v) is 4.43. The van der Waals surface area contributed by atoms with E-state index in [1.807, 2.05) is 33.8 Å². The van der Waals surface area contributed by atoms with Crippen LogP contribution < -0.4 is 5.32 Å². The van der Waals surface area contributed by atoms with Gasteiger partial charge in [-0.25, -0.2) is 4.79 Å². The fourth-order valence-electron chi connectivity index (χ4n) is 3.39. The molecule has 0 radical (unpaired) electrons. The van der Waals surface area contributed by atoms with Gasteiger partial charge in [0.2, 0.25) is 0 Å². The summed E-state index contributed by atoms with van der Waals surface area (Å²) in [5.74, 6) is 0. The Morgan fingerprint density at radius 2 is 2.29 bits per heavy atom. The summed E-state index contributed by atoms with van der Waals surface area (Å²) < 4.78 is 11.3. The molecule has 2 saturated heterocycles. The molecule has 24 heavy (non-hydrogen) atoms. The van der Waals surface area contributed by atoms with E-state index >= 15 is 0 Å². The summed E-state index contributed by atoms with van der Waals surface area (Å²) in [6, 6.07) is 2.04. The highest BCUT2D eigenvalue weighted by Gasteiger charge is 2.51. The van der Waals surface area contributed by atoms with E-state index in [0.29, 0.717) is 0 Å². The normalized spacial score (nSPS) is 22.7. The van der Waals surface area contributed by atoms with E-state index in [9.17, 15) is 4.79 Å². The standard InChI is InChI=1S/C17H28N4O3/c1-12-5-13(20-19-12)7-18-8-14-6-17(11-23-14)9-21(10-17)15(22)24-16(2,3)4/h5,14,18H,6-11H2,1-4H3,(H,19,20). The smallest absolute Gasteiger partial charge is 0.410 e. The molecule has 2 N–H and O–H groups in total. The van der Waals surface area contributed by atoms with Crippen LogP contribution in [0, 0.1) is 12.3 Å². The molecular weight excluding hydrogens is 308 g/mol. The molecule has 2 aliphatic heterocycles. The second-order valence-electron chi connectivity index (χ2n) is 8.15. The van der Waals surface area contributed by atoms with Crippen molar-refractivity contribution in [3.63, 3.8) is 0 Å². The number of aryl methyl sites for hydroxylation is 1. The van der Waals surface area contributed by atoms with Crippen LogP contribution in [-0.2, 0) is 16.0 Å². The van der Waals surface area contributed by atoms with Crippen molar-refractivity contribution in [1.29, 1.82) is 0 Å². The van der Waals surface area contributed by atoms with E-state index in [4.69, 9.17) is 9.47 Å². The first-order valence-corrected chi connectivity index (χ1v) is 8.56. The average Bonchev–Trinajstić information content (AvgIpc) is 3.02. The molecule has 0 saturated carbocycles. The molecule has 0 aliphatic carbocycles. The number of carbonyl (C=O) groups is 1. The van der Waals surface area contributed by atoms with Crippen molar-refractivity contribution in [3.05, 3.63) is 17.5 Å². The van der Waals surface area contributed by atoms with Crippen molar-refractivity contribution >= 4 is 6.09 Å². The number of ether oxygens (including phenoxy) is 2. The zero-order chi connectivity index (χ0) is 17.4. The number of carbonyl (C=O) groups excluding carboxylic acids is 1. The molecule has 2 aliphatic rings. The molecular formula is C17H28N4O3. The maximum Gasteiger partial charge on any atom is 0.410 e. The lowest BCUT2D eigenvalue weighted by atomic mass is 9.78. The van der Waals surface area contributed by atoms with Crippen LogP contribution in [0.1, 0.15) is 38.6 Å². The molecule has 3 heterocycles. The summed E-state index contributed by atoms with van der Waals surface area (Å²) in [6.45, 7) is 11.4. The quantitative estimate of drug-likeness (QED) is 0.877. The lowest BCUT2D eigenvalue weighted by Gasteiger charge is -2.47. The fourth-order valence-corrected chi connectivity index (χ4v) is 3.39. The van der Waals surface area contributed by atoms with E-state index in [2.05, 4.69) is 15.5 Å². The monoisotopic (exact) mass is 336 g/mol. The largest absolute Gasteiger partial charge is 0.444 e. The first-order chi connectivity index (χ1) is 11.2. The number of H-pyrrole nitrogens is 1. The highest BCUT2D eigenvalue weighted by molar-refractivity contribution is 5.69. The summed E-state index contributed by atoms with van der Waals surface area (Å²) in [7, 11) is 0. The SMILES string of the molecule is Cc1cc(CNCC2CC3(CO2)CN(C(=O)OC(C)(C)C)C3)n[nH]1. The number of rotatable bonds is 4. The fraction of sp³-hybridized carbons (Fsp3) is 0.765. The van der Waals surface area contributed by atoms with Gasteiger partial charge in [-0.15, -0.1) is 0 Å². The number of likely N-dealkylation sites (tertiary alicyclic amines) is 1. The minimum absolute atomic E-state index is 0.117. The molecule has 7 nitrogen and oxygen atoms in total. The van der Waals surface area contributed by atoms with Gasteiger partial charge in [0, 0.05) is 37.3 Å². The van der Waals surface area contributed by atoms with Crippen LogP contribution in [0.25, 0.3) is 0 Å². The second-order valence-corrected chi connectivity index (χ2v) is 8.15. The Balaban J connectivity index is 1.38. The number of hydrogen-bond donors (Lipinski definition) is 2. The number of nitrogens with one attached hydrogen (secondary N) is 2. The number of aromatic amines is 1. The number of hydrogen-bond acceptors (Lipinski definition) is 5. The third kappa shape index (κ3) is 4.08. The van der Waals surface area contributed by atoms with E-state index in [0.717, 1.165) is 50.6 Å². The molecule has 7 heteroatoms. The highest BCUT2D eigenvalue weighted by atomic mass is 16.6. The van der Waals surface area contributed by atoms with Crippen LogP contribution in [0.3, 0.4) is 0 Å². The predicted molar refractivity (Wildman–Crippen MR) is 89.6 cm³/mol. The maximum absolute atomic E-state index is 12.0. The van der Waals surface area contributed by atoms with Gasteiger partial charge in [0.25, 0.3) is 0 Å². The Kier molecular flexibility index (Phi) is 4.57. The zero-order valence-electron chi connectivity index (χ0n) is 15.0. The van der Waals surface area contributed by atoms with E-state index in [1.165, 1.54) is 0 Å². The molecule has 1 atom stereocenters. The topological polar surface area (TPSA) is 79.5 Å². The van der Waals surface area contributed by atoms with Gasteiger partial charge in [0.1, 0.15) is 5.60 Å². The van der Waals surface area contributed by atoms with Gasteiger partial charge >= 0.3 is 6.09 Å². The molecule has 0 bridgehead atoms. The van der Waals surface area contributed by atoms with Gasteiger partial charge in [-0.05, 0) is 40.2 Å². The van der Waals surface area contributed by atoms with E-state index in [1.54, 1.807) is 4.90 Å².